The number of urea groups is 1. The zero-order valence-corrected chi connectivity index (χ0v) is 16.9. The van der Waals surface area contributed by atoms with Crippen molar-refractivity contribution < 1.29 is 27.7 Å². The number of piperazine rings is 1. The van der Waals surface area contributed by atoms with Gasteiger partial charge < -0.3 is 15.5 Å². The molecule has 2 N–H and O–H groups in total. The second-order valence-electron chi connectivity index (χ2n) is 8.59. The lowest BCUT2D eigenvalue weighted by atomic mass is 9.82. The molecule has 3 fully saturated rings. The predicted octanol–water partition coefficient (Wildman–Crippen LogP) is 1.63. The molecule has 1 aliphatic carbocycles. The van der Waals surface area contributed by atoms with Gasteiger partial charge in [0, 0.05) is 19.4 Å². The molecular weight excluding hydrogens is 394 g/mol. The second kappa shape index (κ2) is 7.45. The van der Waals surface area contributed by atoms with Crippen LogP contribution in [-0.2, 0) is 16.1 Å². The van der Waals surface area contributed by atoms with Crippen LogP contribution < -0.4 is 5.73 Å². The Morgan fingerprint density at radius 2 is 1.87 bits per heavy atom. The standard InChI is InChI=1S/C21H24F2N4O3/c1-13-2-5-15(6-3-13)26-10-18(28)27(9-14-4-7-16(22)17(23)8-14)21(19(26)29)11-25(12-21)20(24)30/h4,7-8,13H,2-3,5-6,9-12H2,1H3,(H-,24,30)/p+1. The van der Waals surface area contributed by atoms with Gasteiger partial charge in [0.15, 0.2) is 17.3 Å². The summed E-state index contributed by atoms with van der Waals surface area (Å²) in [7, 11) is 0. The Hall–Kier alpha value is -2.84. The molecule has 0 unspecified atom stereocenters. The number of primary amides is 1. The highest BCUT2D eigenvalue weighted by molar-refractivity contribution is 5.98. The van der Waals surface area contributed by atoms with Gasteiger partial charge in [-0.15, -0.1) is 0 Å². The predicted molar refractivity (Wildman–Crippen MR) is 104 cm³/mol. The van der Waals surface area contributed by atoms with Gasteiger partial charge in [-0.3, -0.25) is 4.79 Å². The Morgan fingerprint density at radius 1 is 1.20 bits per heavy atom. The first-order valence-corrected chi connectivity index (χ1v) is 10.2. The first-order chi connectivity index (χ1) is 14.2. The molecule has 0 bridgehead atoms. The number of hydrogen-bond acceptors (Lipinski definition) is 3. The molecule has 1 aromatic carbocycles. The molecule has 4 amide bonds. The summed E-state index contributed by atoms with van der Waals surface area (Å²) < 4.78 is 28.5. The van der Waals surface area contributed by atoms with Crippen molar-refractivity contribution in [3.05, 3.63) is 35.4 Å². The van der Waals surface area contributed by atoms with Gasteiger partial charge in [0.1, 0.15) is 0 Å². The zero-order valence-electron chi connectivity index (χ0n) is 16.9. The van der Waals surface area contributed by atoms with Gasteiger partial charge in [0.05, 0.1) is 13.1 Å². The molecule has 1 aromatic rings. The minimum absolute atomic E-state index is 0.00321. The maximum Gasteiger partial charge on any atom is 0.416 e. The van der Waals surface area contributed by atoms with Gasteiger partial charge in [-0.2, -0.15) is 4.58 Å². The molecule has 9 heteroatoms. The van der Waals surface area contributed by atoms with Crippen LogP contribution in [0.25, 0.3) is 0 Å². The summed E-state index contributed by atoms with van der Waals surface area (Å²) in [6.45, 7) is 2.04. The van der Waals surface area contributed by atoms with Crippen molar-refractivity contribution >= 4 is 23.6 Å². The van der Waals surface area contributed by atoms with Crippen molar-refractivity contribution in [2.45, 2.75) is 44.7 Å². The minimum Gasteiger partial charge on any atom is -0.351 e. The summed E-state index contributed by atoms with van der Waals surface area (Å²) in [5.41, 5.74) is 5.46. The maximum absolute atomic E-state index is 13.7. The van der Waals surface area contributed by atoms with Crippen LogP contribution in [0.15, 0.2) is 18.2 Å². The molecular formula is C21H25F2N4O3+. The number of nitrogens with two attached hydrogens (primary N) is 1. The Balaban J connectivity index is 1.67. The highest BCUT2D eigenvalue weighted by atomic mass is 19.2. The fourth-order valence-corrected chi connectivity index (χ4v) is 4.63. The maximum atomic E-state index is 13.7. The number of amides is 4. The van der Waals surface area contributed by atoms with E-state index in [1.54, 1.807) is 4.58 Å². The molecule has 0 aromatic heterocycles. The first-order valence-electron chi connectivity index (χ1n) is 10.2. The van der Waals surface area contributed by atoms with Gasteiger partial charge in [-0.05, 0) is 36.5 Å². The summed E-state index contributed by atoms with van der Waals surface area (Å²) in [6, 6.07) is 2.74. The van der Waals surface area contributed by atoms with E-state index in [2.05, 4.69) is 6.92 Å². The molecule has 1 spiro atoms. The van der Waals surface area contributed by atoms with Crippen LogP contribution >= 0.6 is 0 Å². The molecule has 0 atom stereocenters. The average molecular weight is 419 g/mol. The third kappa shape index (κ3) is 3.36. The van der Waals surface area contributed by atoms with Crippen LogP contribution in [-0.4, -0.2) is 63.1 Å². The molecule has 1 saturated carbocycles. The molecule has 4 rings (SSSR count). The van der Waals surface area contributed by atoms with Crippen molar-refractivity contribution in [3.8, 4) is 0 Å². The lowest BCUT2D eigenvalue weighted by Gasteiger charge is -2.52. The Morgan fingerprint density at radius 3 is 2.47 bits per heavy atom. The largest absolute Gasteiger partial charge is 0.416 e. The van der Waals surface area contributed by atoms with E-state index in [1.165, 1.54) is 15.9 Å². The smallest absolute Gasteiger partial charge is 0.351 e. The molecule has 30 heavy (non-hydrogen) atoms. The van der Waals surface area contributed by atoms with Crippen LogP contribution in [0.1, 0.15) is 38.2 Å². The number of carbonyl (C=O) groups is 3. The minimum atomic E-state index is -1.23. The van der Waals surface area contributed by atoms with Crippen molar-refractivity contribution in [2.75, 3.05) is 19.6 Å². The number of benzene rings is 1. The molecule has 160 valence electrons. The molecule has 0 radical (unpaired) electrons. The van der Waals surface area contributed by atoms with E-state index >= 15 is 0 Å². The third-order valence-corrected chi connectivity index (χ3v) is 6.53. The van der Waals surface area contributed by atoms with Crippen molar-refractivity contribution in [1.29, 1.82) is 0 Å². The monoisotopic (exact) mass is 419 g/mol. The number of nitrogens with zero attached hydrogens (tertiary/aromatic N) is 3. The van der Waals surface area contributed by atoms with Crippen molar-refractivity contribution in [2.24, 2.45) is 11.7 Å². The Labute approximate surface area is 173 Å². The average Bonchev–Trinajstić information content (AvgIpc) is 2.66. The van der Waals surface area contributed by atoms with Gasteiger partial charge in [-0.25, -0.2) is 18.4 Å². The first kappa shape index (κ1) is 20.4. The fraction of sp³-hybridized carbons (Fsp3) is 0.524. The SMILES string of the molecule is CC1CCC(=[N+]2CC(=O)N(Cc3ccc(F)c(F)c3)C3(CN(C(N)=O)C3)C2=O)CC1. The molecule has 2 aliphatic heterocycles. The highest BCUT2D eigenvalue weighted by Gasteiger charge is 2.65. The lowest BCUT2D eigenvalue weighted by Crippen LogP contribution is -2.80. The summed E-state index contributed by atoms with van der Waals surface area (Å²) in [5, 5.41) is 0. The topological polar surface area (TPSA) is 86.7 Å². The Bertz CT molecular complexity index is 946. The van der Waals surface area contributed by atoms with Crippen LogP contribution in [0.2, 0.25) is 0 Å². The van der Waals surface area contributed by atoms with Gasteiger partial charge in [0.25, 0.3) is 5.91 Å². The number of halogens is 2. The molecule has 7 nitrogen and oxygen atoms in total. The third-order valence-electron chi connectivity index (χ3n) is 6.53. The van der Waals surface area contributed by atoms with Gasteiger partial charge >= 0.3 is 11.9 Å². The second-order valence-corrected chi connectivity index (χ2v) is 8.59. The quantitative estimate of drug-likeness (QED) is 0.740. The van der Waals surface area contributed by atoms with Crippen molar-refractivity contribution in [1.82, 2.24) is 9.80 Å². The van der Waals surface area contributed by atoms with E-state index in [1.807, 2.05) is 0 Å². The number of likely N-dealkylation sites (tertiary alicyclic amines) is 1. The van der Waals surface area contributed by atoms with E-state index in [9.17, 15) is 23.2 Å². The van der Waals surface area contributed by atoms with E-state index in [-0.39, 0.29) is 38.0 Å². The molecule has 2 heterocycles. The van der Waals surface area contributed by atoms with Crippen molar-refractivity contribution in [3.63, 3.8) is 0 Å². The zero-order chi connectivity index (χ0) is 21.6. The van der Waals surface area contributed by atoms with Crippen LogP contribution in [0.3, 0.4) is 0 Å². The summed E-state index contributed by atoms with van der Waals surface area (Å²) >= 11 is 0. The Kier molecular flexibility index (Phi) is 5.07. The van der Waals surface area contributed by atoms with E-state index < -0.39 is 23.2 Å². The van der Waals surface area contributed by atoms with Gasteiger partial charge in [0.2, 0.25) is 12.1 Å². The fourth-order valence-electron chi connectivity index (χ4n) is 4.63. The summed E-state index contributed by atoms with van der Waals surface area (Å²) in [5.74, 6) is -1.93. The normalized spacial score (nSPS) is 23.8. The van der Waals surface area contributed by atoms with Crippen LogP contribution in [0.4, 0.5) is 13.6 Å². The molecule has 3 aliphatic rings. The number of rotatable bonds is 2. The van der Waals surface area contributed by atoms with Crippen LogP contribution in [0.5, 0.6) is 0 Å². The van der Waals surface area contributed by atoms with E-state index in [0.717, 1.165) is 43.5 Å². The summed E-state index contributed by atoms with van der Waals surface area (Å²) in [4.78, 5) is 40.9. The van der Waals surface area contributed by atoms with Crippen LogP contribution in [0, 0.1) is 17.6 Å². The highest BCUT2D eigenvalue weighted by Crippen LogP contribution is 2.35. The lowest BCUT2D eigenvalue weighted by molar-refractivity contribution is -0.462. The van der Waals surface area contributed by atoms with Gasteiger partial charge in [-0.1, -0.05) is 13.0 Å². The number of hydrogen-bond donors (Lipinski definition) is 1. The number of carbonyl (C=O) groups excluding carboxylic acids is 3. The molecule has 2 saturated heterocycles. The summed E-state index contributed by atoms with van der Waals surface area (Å²) in [6.07, 6.45) is 3.45. The van der Waals surface area contributed by atoms with E-state index in [0.29, 0.717) is 11.5 Å². The van der Waals surface area contributed by atoms with E-state index in [4.69, 9.17) is 5.73 Å².